The topological polar surface area (TPSA) is 75.5 Å². The Hall–Kier alpha value is -1.66. The van der Waals surface area contributed by atoms with Crippen LogP contribution in [-0.4, -0.2) is 35.4 Å². The molecule has 1 aliphatic rings. The van der Waals surface area contributed by atoms with Crippen LogP contribution < -0.4 is 5.32 Å². The van der Waals surface area contributed by atoms with Gasteiger partial charge in [0.1, 0.15) is 5.02 Å². The second-order valence-corrected chi connectivity index (χ2v) is 4.83. The molecule has 1 aromatic rings. The van der Waals surface area contributed by atoms with E-state index in [4.69, 9.17) is 11.6 Å². The van der Waals surface area contributed by atoms with E-state index in [1.54, 1.807) is 6.07 Å². The van der Waals surface area contributed by atoms with E-state index in [0.29, 0.717) is 26.1 Å². The van der Waals surface area contributed by atoms with E-state index in [1.807, 2.05) is 0 Å². The number of hydrogen-bond donors (Lipinski definition) is 1. The van der Waals surface area contributed by atoms with Crippen molar-refractivity contribution in [2.45, 2.75) is 13.0 Å². The van der Waals surface area contributed by atoms with Crippen LogP contribution in [0.1, 0.15) is 12.0 Å². The standard InChI is InChI=1S/C12H14ClN3O3/c13-10-2-1-9(7-11(10)16(18)19)8-15-5-3-12(17)14-4-6-15/h1-2,7H,3-6,8H2,(H,14,17). The Morgan fingerprint density at radius 1 is 1.42 bits per heavy atom. The Morgan fingerprint density at radius 3 is 2.95 bits per heavy atom. The summed E-state index contributed by atoms with van der Waals surface area (Å²) in [5.74, 6) is 0.0459. The molecule has 102 valence electrons. The summed E-state index contributed by atoms with van der Waals surface area (Å²) >= 11 is 5.77. The van der Waals surface area contributed by atoms with Crippen LogP contribution in [0, 0.1) is 10.1 Å². The Labute approximate surface area is 115 Å². The van der Waals surface area contributed by atoms with E-state index >= 15 is 0 Å². The molecule has 1 aliphatic heterocycles. The van der Waals surface area contributed by atoms with E-state index in [1.165, 1.54) is 12.1 Å². The molecule has 0 spiro atoms. The Balaban J connectivity index is 2.08. The monoisotopic (exact) mass is 283 g/mol. The van der Waals surface area contributed by atoms with Crippen LogP contribution >= 0.6 is 11.6 Å². The van der Waals surface area contributed by atoms with Gasteiger partial charge in [0.05, 0.1) is 4.92 Å². The second kappa shape index (κ2) is 5.99. The molecular formula is C12H14ClN3O3. The van der Waals surface area contributed by atoms with Crippen LogP contribution in [0.3, 0.4) is 0 Å². The molecule has 1 fully saturated rings. The molecule has 0 aromatic heterocycles. The van der Waals surface area contributed by atoms with Crippen LogP contribution in [-0.2, 0) is 11.3 Å². The van der Waals surface area contributed by atoms with Gasteiger partial charge in [0.2, 0.25) is 5.91 Å². The number of nitro groups is 1. The van der Waals surface area contributed by atoms with Crippen LogP contribution in [0.2, 0.25) is 5.02 Å². The Bertz CT molecular complexity index is 507. The lowest BCUT2D eigenvalue weighted by Gasteiger charge is -2.18. The fourth-order valence-corrected chi connectivity index (χ4v) is 2.21. The summed E-state index contributed by atoms with van der Waals surface area (Å²) in [6.07, 6.45) is 0.454. The predicted octanol–water partition coefficient (Wildman–Crippen LogP) is 1.57. The zero-order chi connectivity index (χ0) is 13.8. The Kier molecular flexibility index (Phi) is 4.34. The van der Waals surface area contributed by atoms with Gasteiger partial charge in [-0.25, -0.2) is 0 Å². The summed E-state index contributed by atoms with van der Waals surface area (Å²) < 4.78 is 0. The van der Waals surface area contributed by atoms with Gasteiger partial charge in [-0.1, -0.05) is 17.7 Å². The number of halogens is 1. The molecule has 0 aliphatic carbocycles. The summed E-state index contributed by atoms with van der Waals surface area (Å²) in [5, 5.41) is 13.7. The van der Waals surface area contributed by atoms with E-state index in [9.17, 15) is 14.9 Å². The predicted molar refractivity (Wildman–Crippen MR) is 71.0 cm³/mol. The quantitative estimate of drug-likeness (QED) is 0.675. The van der Waals surface area contributed by atoms with Gasteiger partial charge < -0.3 is 5.32 Å². The third-order valence-electron chi connectivity index (χ3n) is 3.02. The second-order valence-electron chi connectivity index (χ2n) is 4.42. The van der Waals surface area contributed by atoms with Gasteiger partial charge in [-0.05, 0) is 11.6 Å². The first-order valence-corrected chi connectivity index (χ1v) is 6.36. The van der Waals surface area contributed by atoms with Gasteiger partial charge >= 0.3 is 0 Å². The average molecular weight is 284 g/mol. The summed E-state index contributed by atoms with van der Waals surface area (Å²) in [5.41, 5.74) is 0.744. The van der Waals surface area contributed by atoms with Gasteiger partial charge in [-0.15, -0.1) is 0 Å². The summed E-state index contributed by atoms with van der Waals surface area (Å²) in [4.78, 5) is 23.6. The molecule has 1 saturated heterocycles. The van der Waals surface area contributed by atoms with Gasteiger partial charge in [0, 0.05) is 38.7 Å². The van der Waals surface area contributed by atoms with Gasteiger partial charge in [0.25, 0.3) is 5.69 Å². The van der Waals surface area contributed by atoms with Crippen molar-refractivity contribution in [2.75, 3.05) is 19.6 Å². The highest BCUT2D eigenvalue weighted by Gasteiger charge is 2.16. The molecule has 0 bridgehead atoms. The highest BCUT2D eigenvalue weighted by Crippen LogP contribution is 2.25. The van der Waals surface area contributed by atoms with Crippen molar-refractivity contribution in [3.05, 3.63) is 38.9 Å². The highest BCUT2D eigenvalue weighted by atomic mass is 35.5. The molecule has 0 atom stereocenters. The molecule has 6 nitrogen and oxygen atoms in total. The molecule has 19 heavy (non-hydrogen) atoms. The molecule has 0 radical (unpaired) electrons. The van der Waals surface area contributed by atoms with Crippen LogP contribution in [0.15, 0.2) is 18.2 Å². The maximum absolute atomic E-state index is 11.2. The lowest BCUT2D eigenvalue weighted by atomic mass is 10.2. The normalized spacial score (nSPS) is 16.8. The number of nitrogens with zero attached hydrogens (tertiary/aromatic N) is 2. The van der Waals surface area contributed by atoms with Crippen molar-refractivity contribution < 1.29 is 9.72 Å². The van der Waals surface area contributed by atoms with Crippen LogP contribution in [0.4, 0.5) is 5.69 Å². The first kappa shape index (κ1) is 13.8. The zero-order valence-electron chi connectivity index (χ0n) is 10.3. The third-order valence-corrected chi connectivity index (χ3v) is 3.34. The maximum Gasteiger partial charge on any atom is 0.288 e. The lowest BCUT2D eigenvalue weighted by Crippen LogP contribution is -2.28. The number of carbonyl (C=O) groups is 1. The Morgan fingerprint density at radius 2 is 2.21 bits per heavy atom. The van der Waals surface area contributed by atoms with Crippen molar-refractivity contribution in [1.82, 2.24) is 10.2 Å². The van der Waals surface area contributed by atoms with Gasteiger partial charge in [-0.2, -0.15) is 0 Å². The minimum atomic E-state index is -0.487. The zero-order valence-corrected chi connectivity index (χ0v) is 11.0. The smallest absolute Gasteiger partial charge is 0.288 e. The third kappa shape index (κ3) is 3.65. The molecule has 1 amide bonds. The highest BCUT2D eigenvalue weighted by molar-refractivity contribution is 6.32. The molecule has 1 N–H and O–H groups in total. The fourth-order valence-electron chi connectivity index (χ4n) is 2.03. The molecule has 1 heterocycles. The van der Waals surface area contributed by atoms with E-state index in [0.717, 1.165) is 12.1 Å². The van der Waals surface area contributed by atoms with Crippen molar-refractivity contribution >= 4 is 23.2 Å². The molecule has 1 aromatic carbocycles. The number of benzene rings is 1. The first-order chi connectivity index (χ1) is 9.06. The molecule has 0 saturated carbocycles. The van der Waals surface area contributed by atoms with Gasteiger partial charge in [-0.3, -0.25) is 19.8 Å². The minimum absolute atomic E-state index is 0.0459. The number of amides is 1. The first-order valence-electron chi connectivity index (χ1n) is 5.98. The number of carbonyl (C=O) groups excluding carboxylic acids is 1. The molecular weight excluding hydrogens is 270 g/mol. The summed E-state index contributed by atoms with van der Waals surface area (Å²) in [6, 6.07) is 4.80. The maximum atomic E-state index is 11.2. The summed E-state index contributed by atoms with van der Waals surface area (Å²) in [6.45, 7) is 2.58. The van der Waals surface area contributed by atoms with Gasteiger partial charge in [0.15, 0.2) is 0 Å². The molecule has 7 heteroatoms. The number of nitrogens with one attached hydrogen (secondary N) is 1. The number of nitro benzene ring substituents is 1. The van der Waals surface area contributed by atoms with E-state index in [2.05, 4.69) is 10.2 Å². The lowest BCUT2D eigenvalue weighted by molar-refractivity contribution is -0.384. The largest absolute Gasteiger partial charge is 0.355 e. The van der Waals surface area contributed by atoms with Crippen LogP contribution in [0.25, 0.3) is 0 Å². The summed E-state index contributed by atoms with van der Waals surface area (Å²) in [7, 11) is 0. The van der Waals surface area contributed by atoms with Crippen molar-refractivity contribution in [2.24, 2.45) is 0 Å². The molecule has 2 rings (SSSR count). The SMILES string of the molecule is O=C1CCN(Cc2ccc(Cl)c([N+](=O)[O-])c2)CCN1. The number of hydrogen-bond acceptors (Lipinski definition) is 4. The van der Waals surface area contributed by atoms with Crippen molar-refractivity contribution in [3.8, 4) is 0 Å². The fraction of sp³-hybridized carbons (Fsp3) is 0.417. The average Bonchev–Trinajstić information content (AvgIpc) is 2.56. The van der Waals surface area contributed by atoms with Crippen LogP contribution in [0.5, 0.6) is 0 Å². The van der Waals surface area contributed by atoms with Crippen molar-refractivity contribution in [1.29, 1.82) is 0 Å². The minimum Gasteiger partial charge on any atom is -0.355 e. The van der Waals surface area contributed by atoms with Crippen molar-refractivity contribution in [3.63, 3.8) is 0 Å². The van der Waals surface area contributed by atoms with E-state index < -0.39 is 4.92 Å². The number of rotatable bonds is 3. The molecule has 0 unspecified atom stereocenters. The van der Waals surface area contributed by atoms with E-state index in [-0.39, 0.29) is 16.6 Å².